The van der Waals surface area contributed by atoms with Gasteiger partial charge in [0.15, 0.2) is 0 Å². The molecule has 6 heteroatoms. The molecule has 0 spiro atoms. The van der Waals surface area contributed by atoms with Crippen molar-refractivity contribution in [3.05, 3.63) is 35.4 Å². The number of piperidine rings is 1. The van der Waals surface area contributed by atoms with Crippen molar-refractivity contribution < 1.29 is 14.7 Å². The van der Waals surface area contributed by atoms with E-state index in [1.807, 2.05) is 15.9 Å². The fourth-order valence-electron chi connectivity index (χ4n) is 3.50. The van der Waals surface area contributed by atoms with Crippen molar-refractivity contribution in [1.29, 1.82) is 0 Å². The van der Waals surface area contributed by atoms with E-state index in [4.69, 9.17) is 5.11 Å². The van der Waals surface area contributed by atoms with Crippen LogP contribution in [0.3, 0.4) is 0 Å². The molecule has 6 nitrogen and oxygen atoms in total. The van der Waals surface area contributed by atoms with Crippen molar-refractivity contribution in [2.45, 2.75) is 38.3 Å². The average Bonchev–Trinajstić information content (AvgIpc) is 3.14. The molecule has 2 amide bonds. The Bertz CT molecular complexity index is 599. The molecule has 24 heavy (non-hydrogen) atoms. The van der Waals surface area contributed by atoms with E-state index in [0.29, 0.717) is 12.1 Å². The first-order valence-corrected chi connectivity index (χ1v) is 8.73. The Labute approximate surface area is 142 Å². The summed E-state index contributed by atoms with van der Waals surface area (Å²) in [7, 11) is 0. The van der Waals surface area contributed by atoms with Crippen LogP contribution in [0.15, 0.2) is 24.3 Å². The maximum Gasteiger partial charge on any atom is 0.335 e. The molecular formula is C18H25N3O3. The number of aromatic carboxylic acids is 1. The molecule has 0 bridgehead atoms. The summed E-state index contributed by atoms with van der Waals surface area (Å²) < 4.78 is 0. The van der Waals surface area contributed by atoms with Gasteiger partial charge in [-0.25, -0.2) is 9.59 Å². The number of nitrogens with one attached hydrogen (secondary N) is 1. The summed E-state index contributed by atoms with van der Waals surface area (Å²) in [4.78, 5) is 27.4. The van der Waals surface area contributed by atoms with E-state index in [9.17, 15) is 9.59 Å². The van der Waals surface area contributed by atoms with Gasteiger partial charge in [0, 0.05) is 38.8 Å². The molecule has 130 valence electrons. The van der Waals surface area contributed by atoms with Crippen LogP contribution in [0.5, 0.6) is 0 Å². The number of benzene rings is 1. The monoisotopic (exact) mass is 331 g/mol. The second-order valence-electron chi connectivity index (χ2n) is 6.65. The first-order valence-electron chi connectivity index (χ1n) is 8.73. The van der Waals surface area contributed by atoms with Gasteiger partial charge in [-0.1, -0.05) is 12.1 Å². The highest BCUT2D eigenvalue weighted by Gasteiger charge is 2.28. The molecule has 1 unspecified atom stereocenters. The van der Waals surface area contributed by atoms with Crippen molar-refractivity contribution in [1.82, 2.24) is 15.1 Å². The molecule has 0 radical (unpaired) electrons. The van der Waals surface area contributed by atoms with Crippen molar-refractivity contribution in [3.8, 4) is 0 Å². The van der Waals surface area contributed by atoms with E-state index in [1.165, 1.54) is 0 Å². The van der Waals surface area contributed by atoms with Crippen LogP contribution in [0.4, 0.5) is 4.79 Å². The van der Waals surface area contributed by atoms with Gasteiger partial charge >= 0.3 is 12.0 Å². The summed E-state index contributed by atoms with van der Waals surface area (Å²) in [6.45, 7) is 3.96. The zero-order valence-electron chi connectivity index (χ0n) is 13.9. The Morgan fingerprint density at radius 3 is 2.62 bits per heavy atom. The van der Waals surface area contributed by atoms with Crippen LogP contribution in [0.1, 0.15) is 41.6 Å². The third kappa shape index (κ3) is 4.06. The zero-order valence-corrected chi connectivity index (χ0v) is 13.9. The number of carbonyl (C=O) groups excluding carboxylic acids is 1. The van der Waals surface area contributed by atoms with Crippen LogP contribution >= 0.6 is 0 Å². The first-order chi connectivity index (χ1) is 11.6. The number of rotatable bonds is 4. The SMILES string of the molecule is O=C(O)c1cccc(CNC2CCCN(C(=O)N3CCCC3)C2)c1. The zero-order chi connectivity index (χ0) is 16.9. The molecule has 0 saturated carbocycles. The number of carboxylic acids is 1. The number of likely N-dealkylation sites (tertiary alicyclic amines) is 2. The lowest BCUT2D eigenvalue weighted by Crippen LogP contribution is -2.51. The normalized spacial score (nSPS) is 21.1. The Kier molecular flexibility index (Phi) is 5.35. The standard InChI is InChI=1S/C18H25N3O3/c22-17(23)15-6-3-5-14(11-15)12-19-16-7-4-10-21(13-16)18(24)20-8-1-2-9-20/h3,5-6,11,16,19H,1-2,4,7-10,12-13H2,(H,22,23). The summed E-state index contributed by atoms with van der Waals surface area (Å²) in [6.07, 6.45) is 4.27. The molecule has 2 heterocycles. The summed E-state index contributed by atoms with van der Waals surface area (Å²) in [5, 5.41) is 12.5. The lowest BCUT2D eigenvalue weighted by atomic mass is 10.0. The number of carboxylic acid groups (broad SMARTS) is 1. The molecule has 3 rings (SSSR count). The van der Waals surface area contributed by atoms with E-state index < -0.39 is 5.97 Å². The van der Waals surface area contributed by atoms with Crippen molar-refractivity contribution in [2.75, 3.05) is 26.2 Å². The summed E-state index contributed by atoms with van der Waals surface area (Å²) in [5.41, 5.74) is 1.27. The molecule has 1 atom stereocenters. The quantitative estimate of drug-likeness (QED) is 0.887. The van der Waals surface area contributed by atoms with E-state index in [-0.39, 0.29) is 12.1 Å². The number of nitrogens with zero attached hydrogens (tertiary/aromatic N) is 2. The molecular weight excluding hydrogens is 306 g/mol. The predicted molar refractivity (Wildman–Crippen MR) is 91.0 cm³/mol. The van der Waals surface area contributed by atoms with E-state index >= 15 is 0 Å². The molecule has 1 aromatic rings. The van der Waals surface area contributed by atoms with Gasteiger partial charge in [0.25, 0.3) is 0 Å². The summed E-state index contributed by atoms with van der Waals surface area (Å²) in [5.74, 6) is -0.906. The van der Waals surface area contributed by atoms with Crippen LogP contribution in [-0.4, -0.2) is 59.1 Å². The molecule has 2 fully saturated rings. The highest BCUT2D eigenvalue weighted by atomic mass is 16.4. The highest BCUT2D eigenvalue weighted by molar-refractivity contribution is 5.87. The van der Waals surface area contributed by atoms with Gasteiger partial charge in [-0.05, 0) is 43.4 Å². The maximum atomic E-state index is 12.5. The smallest absolute Gasteiger partial charge is 0.335 e. The van der Waals surface area contributed by atoms with Crippen LogP contribution in [0, 0.1) is 0 Å². The Hall–Kier alpha value is -2.08. The minimum atomic E-state index is -0.906. The predicted octanol–water partition coefficient (Wildman–Crippen LogP) is 2.15. The van der Waals surface area contributed by atoms with Gasteiger partial charge < -0.3 is 20.2 Å². The number of amides is 2. The van der Waals surface area contributed by atoms with Crippen LogP contribution < -0.4 is 5.32 Å². The van der Waals surface area contributed by atoms with E-state index in [0.717, 1.165) is 57.4 Å². The van der Waals surface area contributed by atoms with Crippen molar-refractivity contribution >= 4 is 12.0 Å². The molecule has 0 aromatic heterocycles. The maximum absolute atomic E-state index is 12.5. The minimum absolute atomic E-state index is 0.173. The third-order valence-electron chi connectivity index (χ3n) is 4.84. The molecule has 1 aromatic carbocycles. The average molecular weight is 331 g/mol. The van der Waals surface area contributed by atoms with E-state index in [1.54, 1.807) is 18.2 Å². The topological polar surface area (TPSA) is 72.9 Å². The largest absolute Gasteiger partial charge is 0.478 e. The van der Waals surface area contributed by atoms with Crippen LogP contribution in [0.25, 0.3) is 0 Å². The van der Waals surface area contributed by atoms with Gasteiger partial charge in [0.1, 0.15) is 0 Å². The van der Waals surface area contributed by atoms with Crippen molar-refractivity contribution in [3.63, 3.8) is 0 Å². The van der Waals surface area contributed by atoms with Gasteiger partial charge in [-0.15, -0.1) is 0 Å². The number of hydrogen-bond acceptors (Lipinski definition) is 3. The lowest BCUT2D eigenvalue weighted by molar-refractivity contribution is 0.0696. The molecule has 2 saturated heterocycles. The minimum Gasteiger partial charge on any atom is -0.478 e. The van der Waals surface area contributed by atoms with Gasteiger partial charge in [0.2, 0.25) is 0 Å². The number of carbonyl (C=O) groups is 2. The molecule has 2 N–H and O–H groups in total. The fourth-order valence-corrected chi connectivity index (χ4v) is 3.50. The second kappa shape index (κ2) is 7.66. The summed E-state index contributed by atoms with van der Waals surface area (Å²) >= 11 is 0. The number of urea groups is 1. The van der Waals surface area contributed by atoms with Gasteiger partial charge in [-0.3, -0.25) is 0 Å². The number of hydrogen-bond donors (Lipinski definition) is 2. The third-order valence-corrected chi connectivity index (χ3v) is 4.84. The molecule has 0 aliphatic carbocycles. The second-order valence-corrected chi connectivity index (χ2v) is 6.65. The Morgan fingerprint density at radius 1 is 1.12 bits per heavy atom. The Morgan fingerprint density at radius 2 is 1.88 bits per heavy atom. The molecule has 2 aliphatic heterocycles. The first kappa shape index (κ1) is 16.8. The van der Waals surface area contributed by atoms with Gasteiger partial charge in [0.05, 0.1) is 5.56 Å². The van der Waals surface area contributed by atoms with Gasteiger partial charge in [-0.2, -0.15) is 0 Å². The summed E-state index contributed by atoms with van der Waals surface area (Å²) in [6, 6.07) is 7.43. The Balaban J connectivity index is 1.53. The van der Waals surface area contributed by atoms with Crippen LogP contribution in [0.2, 0.25) is 0 Å². The van der Waals surface area contributed by atoms with Crippen LogP contribution in [-0.2, 0) is 6.54 Å². The highest BCUT2D eigenvalue weighted by Crippen LogP contribution is 2.16. The molecule has 2 aliphatic rings. The van der Waals surface area contributed by atoms with Crippen molar-refractivity contribution in [2.24, 2.45) is 0 Å². The lowest BCUT2D eigenvalue weighted by Gasteiger charge is -2.35. The fraction of sp³-hybridized carbons (Fsp3) is 0.556. The van der Waals surface area contributed by atoms with E-state index in [2.05, 4.69) is 5.32 Å².